The summed E-state index contributed by atoms with van der Waals surface area (Å²) in [6, 6.07) is 0.681. The molecule has 0 aromatic rings. The zero-order valence-electron chi connectivity index (χ0n) is 12.2. The van der Waals surface area contributed by atoms with Crippen LogP contribution in [0.3, 0.4) is 0 Å². The smallest absolute Gasteiger partial charge is 0.0246 e. The summed E-state index contributed by atoms with van der Waals surface area (Å²) in [6.07, 6.45) is 12.8. The number of piperidine rings is 1. The van der Waals surface area contributed by atoms with E-state index in [1.807, 2.05) is 0 Å². The quantitative estimate of drug-likeness (QED) is 0.777. The molecule has 1 atom stereocenters. The molecule has 2 fully saturated rings. The third-order valence-corrected chi connectivity index (χ3v) is 5.38. The molecule has 0 bridgehead atoms. The Morgan fingerprint density at radius 2 is 1.61 bits per heavy atom. The maximum atomic E-state index is 6.11. The first-order chi connectivity index (χ1) is 8.85. The lowest BCUT2D eigenvalue weighted by atomic mass is 9.87. The standard InChI is InChI=1S/C16H32N2/c1-2-14-9-11-18(12-10-14)16(13-17)15-7-5-3-4-6-8-15/h14-16H,2-13,17H2,1H3. The van der Waals surface area contributed by atoms with Crippen LogP contribution in [0.1, 0.15) is 64.7 Å². The molecular formula is C16H32N2. The van der Waals surface area contributed by atoms with Crippen molar-refractivity contribution >= 4 is 0 Å². The van der Waals surface area contributed by atoms with Crippen molar-refractivity contribution in [1.29, 1.82) is 0 Å². The van der Waals surface area contributed by atoms with Gasteiger partial charge in [0, 0.05) is 12.6 Å². The monoisotopic (exact) mass is 252 g/mol. The Morgan fingerprint density at radius 1 is 1.00 bits per heavy atom. The molecule has 0 radical (unpaired) electrons. The number of nitrogens with two attached hydrogens (primary N) is 1. The molecule has 0 aromatic carbocycles. The molecule has 2 heteroatoms. The topological polar surface area (TPSA) is 29.3 Å². The summed E-state index contributed by atoms with van der Waals surface area (Å²) in [6.45, 7) is 5.82. The van der Waals surface area contributed by atoms with Crippen molar-refractivity contribution < 1.29 is 0 Å². The lowest BCUT2D eigenvalue weighted by Gasteiger charge is -2.40. The summed E-state index contributed by atoms with van der Waals surface area (Å²) in [5.74, 6) is 1.87. The van der Waals surface area contributed by atoms with Gasteiger partial charge in [0.25, 0.3) is 0 Å². The molecule has 1 saturated carbocycles. The number of nitrogens with zero attached hydrogens (tertiary/aromatic N) is 1. The van der Waals surface area contributed by atoms with Crippen LogP contribution in [0.5, 0.6) is 0 Å². The Balaban J connectivity index is 1.87. The van der Waals surface area contributed by atoms with Gasteiger partial charge in [-0.1, -0.05) is 39.0 Å². The Labute approximate surface area is 113 Å². The van der Waals surface area contributed by atoms with Crippen molar-refractivity contribution in [3.8, 4) is 0 Å². The second-order valence-corrected chi connectivity index (χ2v) is 6.44. The fraction of sp³-hybridized carbons (Fsp3) is 1.00. The van der Waals surface area contributed by atoms with Crippen molar-refractivity contribution in [2.75, 3.05) is 19.6 Å². The molecule has 1 aliphatic heterocycles. The van der Waals surface area contributed by atoms with E-state index in [0.717, 1.165) is 18.4 Å². The van der Waals surface area contributed by atoms with Gasteiger partial charge in [-0.15, -0.1) is 0 Å². The van der Waals surface area contributed by atoms with E-state index < -0.39 is 0 Å². The van der Waals surface area contributed by atoms with E-state index in [1.54, 1.807) is 0 Å². The van der Waals surface area contributed by atoms with E-state index in [4.69, 9.17) is 5.73 Å². The fourth-order valence-electron chi connectivity index (χ4n) is 4.03. The highest BCUT2D eigenvalue weighted by Crippen LogP contribution is 2.30. The van der Waals surface area contributed by atoms with Gasteiger partial charge in [0.1, 0.15) is 0 Å². The summed E-state index contributed by atoms with van der Waals surface area (Å²) in [7, 11) is 0. The molecular weight excluding hydrogens is 220 g/mol. The van der Waals surface area contributed by atoms with Gasteiger partial charge in [-0.3, -0.25) is 4.90 Å². The van der Waals surface area contributed by atoms with E-state index >= 15 is 0 Å². The van der Waals surface area contributed by atoms with Crippen LogP contribution in [0.25, 0.3) is 0 Å². The summed E-state index contributed by atoms with van der Waals surface area (Å²) in [4.78, 5) is 2.72. The molecule has 2 rings (SSSR count). The molecule has 106 valence electrons. The number of likely N-dealkylation sites (tertiary alicyclic amines) is 1. The Morgan fingerprint density at radius 3 is 2.11 bits per heavy atom. The second kappa shape index (κ2) is 7.49. The SMILES string of the molecule is CCC1CCN(C(CN)C2CCCCCC2)CC1. The highest BCUT2D eigenvalue weighted by atomic mass is 15.2. The number of hydrogen-bond acceptors (Lipinski definition) is 2. The molecule has 1 aliphatic carbocycles. The minimum Gasteiger partial charge on any atom is -0.329 e. The lowest BCUT2D eigenvalue weighted by molar-refractivity contribution is 0.0913. The largest absolute Gasteiger partial charge is 0.329 e. The molecule has 0 spiro atoms. The first kappa shape index (κ1) is 14.3. The van der Waals surface area contributed by atoms with Crippen LogP contribution < -0.4 is 5.73 Å². The van der Waals surface area contributed by atoms with Crippen molar-refractivity contribution in [3.05, 3.63) is 0 Å². The van der Waals surface area contributed by atoms with Gasteiger partial charge in [0.2, 0.25) is 0 Å². The molecule has 18 heavy (non-hydrogen) atoms. The van der Waals surface area contributed by atoms with Crippen LogP contribution in [0.4, 0.5) is 0 Å². The van der Waals surface area contributed by atoms with Gasteiger partial charge in [0.05, 0.1) is 0 Å². The second-order valence-electron chi connectivity index (χ2n) is 6.44. The third kappa shape index (κ3) is 3.71. The predicted octanol–water partition coefficient (Wildman–Crippen LogP) is 3.41. The Kier molecular flexibility index (Phi) is 5.97. The van der Waals surface area contributed by atoms with E-state index in [0.29, 0.717) is 6.04 Å². The van der Waals surface area contributed by atoms with E-state index in [-0.39, 0.29) is 0 Å². The van der Waals surface area contributed by atoms with Crippen LogP contribution in [-0.2, 0) is 0 Å². The first-order valence-corrected chi connectivity index (χ1v) is 8.29. The van der Waals surface area contributed by atoms with Gasteiger partial charge >= 0.3 is 0 Å². The first-order valence-electron chi connectivity index (χ1n) is 8.29. The average molecular weight is 252 g/mol. The lowest BCUT2D eigenvalue weighted by Crippen LogP contribution is -2.49. The van der Waals surface area contributed by atoms with Gasteiger partial charge in [-0.2, -0.15) is 0 Å². The predicted molar refractivity (Wildman–Crippen MR) is 78.6 cm³/mol. The molecule has 2 N–H and O–H groups in total. The van der Waals surface area contributed by atoms with Crippen LogP contribution in [0, 0.1) is 11.8 Å². The van der Waals surface area contributed by atoms with Crippen molar-refractivity contribution in [2.24, 2.45) is 17.6 Å². The number of hydrogen-bond donors (Lipinski definition) is 1. The van der Waals surface area contributed by atoms with Crippen LogP contribution in [0.15, 0.2) is 0 Å². The van der Waals surface area contributed by atoms with Crippen molar-refractivity contribution in [3.63, 3.8) is 0 Å². The van der Waals surface area contributed by atoms with Crippen LogP contribution in [-0.4, -0.2) is 30.6 Å². The van der Waals surface area contributed by atoms with Gasteiger partial charge < -0.3 is 5.73 Å². The Bertz CT molecular complexity index is 213. The Hall–Kier alpha value is -0.0800. The normalized spacial score (nSPS) is 27.0. The molecule has 2 nitrogen and oxygen atoms in total. The van der Waals surface area contributed by atoms with E-state index in [2.05, 4.69) is 11.8 Å². The zero-order valence-corrected chi connectivity index (χ0v) is 12.2. The maximum Gasteiger partial charge on any atom is 0.0246 e. The highest BCUT2D eigenvalue weighted by molar-refractivity contribution is 4.84. The van der Waals surface area contributed by atoms with Crippen LogP contribution in [0.2, 0.25) is 0 Å². The highest BCUT2D eigenvalue weighted by Gasteiger charge is 2.29. The third-order valence-electron chi connectivity index (χ3n) is 5.38. The summed E-state index contributed by atoms with van der Waals surface area (Å²) < 4.78 is 0. The van der Waals surface area contributed by atoms with Crippen LogP contribution >= 0.6 is 0 Å². The van der Waals surface area contributed by atoms with Crippen molar-refractivity contribution in [1.82, 2.24) is 4.90 Å². The zero-order chi connectivity index (χ0) is 12.8. The van der Waals surface area contributed by atoms with E-state index in [9.17, 15) is 0 Å². The minimum atomic E-state index is 0.681. The molecule has 2 aliphatic rings. The fourth-order valence-corrected chi connectivity index (χ4v) is 4.03. The van der Waals surface area contributed by atoms with E-state index in [1.165, 1.54) is 70.9 Å². The summed E-state index contributed by atoms with van der Waals surface area (Å²) in [5, 5.41) is 0. The van der Waals surface area contributed by atoms with Crippen molar-refractivity contribution in [2.45, 2.75) is 70.8 Å². The minimum absolute atomic E-state index is 0.681. The molecule has 1 unspecified atom stereocenters. The molecule has 1 heterocycles. The van der Waals surface area contributed by atoms with Gasteiger partial charge in [0.15, 0.2) is 0 Å². The molecule has 0 aromatic heterocycles. The van der Waals surface area contributed by atoms with Gasteiger partial charge in [-0.05, 0) is 50.6 Å². The molecule has 0 amide bonds. The summed E-state index contributed by atoms with van der Waals surface area (Å²) in [5.41, 5.74) is 6.11. The average Bonchev–Trinajstić information content (AvgIpc) is 2.70. The number of rotatable bonds is 4. The summed E-state index contributed by atoms with van der Waals surface area (Å²) >= 11 is 0. The van der Waals surface area contributed by atoms with Gasteiger partial charge in [-0.25, -0.2) is 0 Å². The maximum absolute atomic E-state index is 6.11. The molecule has 1 saturated heterocycles.